The number of esters is 1. The second kappa shape index (κ2) is 11.1. The van der Waals surface area contributed by atoms with Gasteiger partial charge in [0, 0.05) is 10.2 Å². The van der Waals surface area contributed by atoms with Gasteiger partial charge in [0.05, 0.1) is 23.1 Å². The number of hydrogen-bond acceptors (Lipinski definition) is 5. The summed E-state index contributed by atoms with van der Waals surface area (Å²) in [6.07, 6.45) is 2.13. The molecule has 2 aliphatic rings. The van der Waals surface area contributed by atoms with Gasteiger partial charge in [0.2, 0.25) is 11.8 Å². The summed E-state index contributed by atoms with van der Waals surface area (Å²) in [5.41, 5.74) is 4.25. The topological polar surface area (TPSA) is 92.8 Å². The third-order valence-electron chi connectivity index (χ3n) is 7.59. The van der Waals surface area contributed by atoms with E-state index < -0.39 is 18.5 Å². The van der Waals surface area contributed by atoms with Crippen molar-refractivity contribution in [3.05, 3.63) is 93.5 Å². The van der Waals surface area contributed by atoms with Gasteiger partial charge in [0.25, 0.3) is 5.91 Å². The van der Waals surface area contributed by atoms with E-state index in [0.29, 0.717) is 24.2 Å². The molecule has 5 rings (SSSR count). The number of nitrogens with one attached hydrogen (secondary N) is 1. The molecule has 1 aliphatic carbocycles. The number of hydrogen-bond donors (Lipinski definition) is 1. The van der Waals surface area contributed by atoms with Crippen LogP contribution in [-0.4, -0.2) is 30.3 Å². The van der Waals surface area contributed by atoms with Gasteiger partial charge in [-0.2, -0.15) is 0 Å². The highest BCUT2D eigenvalue weighted by molar-refractivity contribution is 9.10. The molecule has 3 aromatic carbocycles. The summed E-state index contributed by atoms with van der Waals surface area (Å²) in [7, 11) is 0. The monoisotopic (exact) mass is 588 g/mol. The molecule has 1 saturated carbocycles. The first-order chi connectivity index (χ1) is 18.7. The molecule has 1 aliphatic heterocycles. The first-order valence-corrected chi connectivity index (χ1v) is 13.8. The van der Waals surface area contributed by atoms with Crippen LogP contribution in [0.15, 0.2) is 71.2 Å². The molecule has 2 fully saturated rings. The van der Waals surface area contributed by atoms with Crippen molar-refractivity contribution in [2.45, 2.75) is 39.0 Å². The quantitative estimate of drug-likeness (QED) is 0.284. The molecular formula is C31H29BrN2O5. The number of anilines is 2. The molecule has 7 nitrogen and oxygen atoms in total. The van der Waals surface area contributed by atoms with E-state index in [-0.39, 0.29) is 35.1 Å². The smallest absolute Gasteiger partial charge is 0.338 e. The van der Waals surface area contributed by atoms with Gasteiger partial charge in [-0.1, -0.05) is 52.3 Å². The van der Waals surface area contributed by atoms with Gasteiger partial charge < -0.3 is 10.1 Å². The fraction of sp³-hybridized carbons (Fsp3) is 0.290. The number of fused-ring (bicyclic) bond motifs is 1. The second-order valence-corrected chi connectivity index (χ2v) is 11.0. The van der Waals surface area contributed by atoms with Crippen LogP contribution < -0.4 is 10.2 Å². The number of nitrogens with zero attached hydrogens (tertiary/aromatic N) is 1. The number of benzene rings is 3. The van der Waals surface area contributed by atoms with Crippen LogP contribution in [-0.2, 0) is 19.1 Å². The predicted molar refractivity (Wildman–Crippen MR) is 151 cm³/mol. The summed E-state index contributed by atoms with van der Waals surface area (Å²) < 4.78 is 6.20. The summed E-state index contributed by atoms with van der Waals surface area (Å²) in [6.45, 7) is 3.38. The average molecular weight is 589 g/mol. The first kappa shape index (κ1) is 26.8. The van der Waals surface area contributed by atoms with Crippen LogP contribution in [0, 0.1) is 25.7 Å². The molecular weight excluding hydrogens is 560 g/mol. The molecule has 3 aromatic rings. The minimum Gasteiger partial charge on any atom is -0.452 e. The Morgan fingerprint density at radius 3 is 2.33 bits per heavy atom. The number of amides is 3. The van der Waals surface area contributed by atoms with Gasteiger partial charge in [0.15, 0.2) is 6.61 Å². The zero-order chi connectivity index (χ0) is 27.7. The molecule has 0 unspecified atom stereocenters. The minimum atomic E-state index is -0.712. The third-order valence-corrected chi connectivity index (χ3v) is 8.84. The molecule has 8 heteroatoms. The highest BCUT2D eigenvalue weighted by atomic mass is 79.9. The standard InChI is InChI=1S/C31H29BrN2O5/c1-18-13-23(14-19(2)28(18)32)33-27(35)17-39-31(38)22-9-6-10-24(15-22)34-29(36)25-12-11-21(16-26(25)30(34)37)20-7-4-3-5-8-20/h3-10,13-15,21,25-26H,11-12,16-17H2,1-2H3,(H,33,35)/t21-,25-,26-/m1/s1. The second-order valence-electron chi connectivity index (χ2n) is 10.2. The summed E-state index contributed by atoms with van der Waals surface area (Å²) in [4.78, 5) is 53.0. The summed E-state index contributed by atoms with van der Waals surface area (Å²) >= 11 is 3.49. The van der Waals surface area contributed by atoms with E-state index in [4.69, 9.17) is 4.74 Å². The lowest BCUT2D eigenvalue weighted by atomic mass is 9.73. The van der Waals surface area contributed by atoms with Gasteiger partial charge in [-0.3, -0.25) is 19.3 Å². The van der Waals surface area contributed by atoms with E-state index in [2.05, 4.69) is 33.4 Å². The summed E-state index contributed by atoms with van der Waals surface area (Å²) in [6, 6.07) is 20.0. The molecule has 0 spiro atoms. The molecule has 0 aromatic heterocycles. The highest BCUT2D eigenvalue weighted by Crippen LogP contribution is 2.45. The molecule has 1 heterocycles. The number of carbonyl (C=O) groups is 4. The first-order valence-electron chi connectivity index (χ1n) is 13.0. The van der Waals surface area contributed by atoms with Crippen molar-refractivity contribution in [3.8, 4) is 0 Å². The van der Waals surface area contributed by atoms with Crippen LogP contribution in [0.2, 0.25) is 0 Å². The van der Waals surface area contributed by atoms with Gasteiger partial charge in [-0.15, -0.1) is 0 Å². The van der Waals surface area contributed by atoms with Gasteiger partial charge in [-0.05, 0) is 86.1 Å². The van der Waals surface area contributed by atoms with E-state index in [1.807, 2.05) is 44.2 Å². The normalized spacial score (nSPS) is 20.5. The van der Waals surface area contributed by atoms with Crippen molar-refractivity contribution < 1.29 is 23.9 Å². The zero-order valence-corrected chi connectivity index (χ0v) is 23.4. The van der Waals surface area contributed by atoms with Crippen molar-refractivity contribution in [3.63, 3.8) is 0 Å². The Labute approximate surface area is 235 Å². The molecule has 3 amide bonds. The number of halogens is 1. The van der Waals surface area contributed by atoms with Crippen LogP contribution in [0.4, 0.5) is 11.4 Å². The maximum atomic E-state index is 13.4. The Morgan fingerprint density at radius 2 is 1.62 bits per heavy atom. The van der Waals surface area contributed by atoms with Gasteiger partial charge >= 0.3 is 5.97 Å². The van der Waals surface area contributed by atoms with Crippen LogP contribution in [0.5, 0.6) is 0 Å². The summed E-state index contributed by atoms with van der Waals surface area (Å²) in [5.74, 6) is -2.11. The minimum absolute atomic E-state index is 0.160. The van der Waals surface area contributed by atoms with Crippen LogP contribution in [0.3, 0.4) is 0 Å². The van der Waals surface area contributed by atoms with E-state index in [1.165, 1.54) is 22.6 Å². The third kappa shape index (κ3) is 5.52. The van der Waals surface area contributed by atoms with Gasteiger partial charge in [-0.25, -0.2) is 4.79 Å². The van der Waals surface area contributed by atoms with Crippen molar-refractivity contribution >= 4 is 51.0 Å². The molecule has 200 valence electrons. The largest absolute Gasteiger partial charge is 0.452 e. The Morgan fingerprint density at radius 1 is 0.923 bits per heavy atom. The fourth-order valence-corrected chi connectivity index (χ4v) is 5.89. The highest BCUT2D eigenvalue weighted by Gasteiger charge is 2.50. The number of aryl methyl sites for hydroxylation is 2. The molecule has 1 saturated heterocycles. The Balaban J connectivity index is 1.24. The number of ether oxygens (including phenoxy) is 1. The molecule has 39 heavy (non-hydrogen) atoms. The molecule has 3 atom stereocenters. The van der Waals surface area contributed by atoms with E-state index in [9.17, 15) is 19.2 Å². The van der Waals surface area contributed by atoms with Crippen molar-refractivity contribution in [1.82, 2.24) is 0 Å². The summed E-state index contributed by atoms with van der Waals surface area (Å²) in [5, 5.41) is 2.73. The SMILES string of the molecule is Cc1cc(NC(=O)COC(=O)c2cccc(N3C(=O)[C@@H]4CC[C@@H](c5ccccc5)C[C@H]4C3=O)c2)cc(C)c1Br. The predicted octanol–water partition coefficient (Wildman–Crippen LogP) is 5.93. The van der Waals surface area contributed by atoms with Crippen LogP contribution in [0.1, 0.15) is 52.2 Å². The van der Waals surface area contributed by atoms with E-state index in [0.717, 1.165) is 22.0 Å². The lowest BCUT2D eigenvalue weighted by Crippen LogP contribution is -2.31. The lowest BCUT2D eigenvalue weighted by molar-refractivity contribution is -0.122. The number of rotatable bonds is 6. The molecule has 0 bridgehead atoms. The molecule has 1 N–H and O–H groups in total. The Bertz CT molecular complexity index is 1430. The maximum absolute atomic E-state index is 13.4. The lowest BCUT2D eigenvalue weighted by Gasteiger charge is -2.28. The Hall–Kier alpha value is -3.78. The maximum Gasteiger partial charge on any atom is 0.338 e. The van der Waals surface area contributed by atoms with Crippen molar-refractivity contribution in [2.24, 2.45) is 11.8 Å². The van der Waals surface area contributed by atoms with E-state index in [1.54, 1.807) is 12.1 Å². The van der Waals surface area contributed by atoms with Crippen LogP contribution in [0.25, 0.3) is 0 Å². The molecule has 0 radical (unpaired) electrons. The van der Waals surface area contributed by atoms with Crippen LogP contribution >= 0.6 is 15.9 Å². The number of imide groups is 1. The Kier molecular flexibility index (Phi) is 7.66. The average Bonchev–Trinajstić information content (AvgIpc) is 3.19. The number of carbonyl (C=O) groups excluding carboxylic acids is 4. The fourth-order valence-electron chi connectivity index (χ4n) is 5.66. The van der Waals surface area contributed by atoms with Gasteiger partial charge in [0.1, 0.15) is 0 Å². The van der Waals surface area contributed by atoms with Crippen molar-refractivity contribution in [2.75, 3.05) is 16.8 Å². The van der Waals surface area contributed by atoms with E-state index >= 15 is 0 Å². The zero-order valence-electron chi connectivity index (χ0n) is 21.8. The van der Waals surface area contributed by atoms with Crippen molar-refractivity contribution in [1.29, 1.82) is 0 Å².